The number of pyridine rings is 1. The summed E-state index contributed by atoms with van der Waals surface area (Å²) in [7, 11) is 1.92. The van der Waals surface area contributed by atoms with E-state index in [1.807, 2.05) is 43.1 Å². The van der Waals surface area contributed by atoms with Crippen LogP contribution in [0.25, 0.3) is 11.5 Å². The van der Waals surface area contributed by atoms with E-state index in [1.54, 1.807) is 4.90 Å². The van der Waals surface area contributed by atoms with E-state index in [0.29, 0.717) is 35.8 Å². The molecule has 33 heavy (non-hydrogen) atoms. The van der Waals surface area contributed by atoms with Gasteiger partial charge in [0, 0.05) is 31.2 Å². The van der Waals surface area contributed by atoms with Gasteiger partial charge in [0.05, 0.1) is 24.6 Å². The largest absolute Gasteiger partial charge is 0.334 e. The van der Waals surface area contributed by atoms with Crippen molar-refractivity contribution in [1.82, 2.24) is 34.6 Å². The number of aromatic nitrogens is 6. The first kappa shape index (κ1) is 20.5. The van der Waals surface area contributed by atoms with E-state index in [4.69, 9.17) is 4.98 Å². The smallest absolute Gasteiger partial charge is 0.234 e. The normalized spacial score (nSPS) is 27.6. The summed E-state index contributed by atoms with van der Waals surface area (Å²) in [6, 6.07) is 6.23. The summed E-state index contributed by atoms with van der Waals surface area (Å²) in [6.45, 7) is 4.68. The van der Waals surface area contributed by atoms with Crippen molar-refractivity contribution < 1.29 is 4.79 Å². The van der Waals surface area contributed by atoms with Crippen LogP contribution in [0.15, 0.2) is 30.7 Å². The summed E-state index contributed by atoms with van der Waals surface area (Å²) in [6.07, 6.45) is 8.49. The maximum absolute atomic E-state index is 13.7. The second-order valence-electron chi connectivity index (χ2n) is 9.89. The van der Waals surface area contributed by atoms with E-state index in [9.17, 15) is 4.79 Å². The van der Waals surface area contributed by atoms with Crippen molar-refractivity contribution in [3.05, 3.63) is 42.2 Å². The molecule has 9 nitrogen and oxygen atoms in total. The lowest BCUT2D eigenvalue weighted by atomic mass is 9.74. The SMILES string of the molecule is Cc1nnc(-c2cccc(N3CNC4CC(C)C(n5cnc(C6CC6)c5)CC4C3=O)n2)n1C. The minimum Gasteiger partial charge on any atom is -0.334 e. The second-order valence-corrected chi connectivity index (χ2v) is 9.89. The Morgan fingerprint density at radius 3 is 2.76 bits per heavy atom. The summed E-state index contributed by atoms with van der Waals surface area (Å²) in [4.78, 5) is 24.9. The fraction of sp³-hybridized carbons (Fsp3) is 0.542. The maximum atomic E-state index is 13.7. The fourth-order valence-corrected chi connectivity index (χ4v) is 5.43. The van der Waals surface area contributed by atoms with Gasteiger partial charge in [0.1, 0.15) is 17.3 Å². The highest BCUT2D eigenvalue weighted by atomic mass is 16.2. The van der Waals surface area contributed by atoms with E-state index in [2.05, 4.69) is 38.2 Å². The molecule has 2 aliphatic carbocycles. The first-order valence-corrected chi connectivity index (χ1v) is 11.9. The number of fused-ring (bicyclic) bond motifs is 1. The Balaban J connectivity index is 1.25. The molecule has 1 aliphatic heterocycles. The Morgan fingerprint density at radius 1 is 1.15 bits per heavy atom. The van der Waals surface area contributed by atoms with Gasteiger partial charge < -0.3 is 9.13 Å². The van der Waals surface area contributed by atoms with E-state index in [0.717, 1.165) is 18.7 Å². The van der Waals surface area contributed by atoms with Gasteiger partial charge in [0.25, 0.3) is 0 Å². The van der Waals surface area contributed by atoms with Crippen molar-refractivity contribution in [2.24, 2.45) is 18.9 Å². The van der Waals surface area contributed by atoms with Crippen molar-refractivity contribution >= 4 is 11.7 Å². The predicted molar refractivity (Wildman–Crippen MR) is 123 cm³/mol. The molecule has 4 heterocycles. The van der Waals surface area contributed by atoms with Gasteiger partial charge in [-0.3, -0.25) is 15.0 Å². The highest BCUT2D eigenvalue weighted by Gasteiger charge is 2.44. The molecule has 0 aromatic carbocycles. The van der Waals surface area contributed by atoms with Crippen LogP contribution in [0.3, 0.4) is 0 Å². The second kappa shape index (κ2) is 7.76. The summed E-state index contributed by atoms with van der Waals surface area (Å²) in [5.41, 5.74) is 1.92. The predicted octanol–water partition coefficient (Wildman–Crippen LogP) is 2.81. The Morgan fingerprint density at radius 2 is 2.00 bits per heavy atom. The molecule has 3 aromatic heterocycles. The summed E-state index contributed by atoms with van der Waals surface area (Å²) in [5.74, 6) is 3.37. The minimum absolute atomic E-state index is 0.0748. The number of nitrogens with zero attached hydrogens (tertiary/aromatic N) is 7. The van der Waals surface area contributed by atoms with Gasteiger partial charge in [0.2, 0.25) is 5.91 Å². The molecule has 9 heteroatoms. The van der Waals surface area contributed by atoms with Crippen LogP contribution < -0.4 is 10.2 Å². The van der Waals surface area contributed by atoms with Crippen molar-refractivity contribution in [3.8, 4) is 11.5 Å². The minimum atomic E-state index is -0.0748. The van der Waals surface area contributed by atoms with Gasteiger partial charge in [-0.1, -0.05) is 13.0 Å². The molecule has 1 amide bonds. The number of rotatable bonds is 4. The van der Waals surface area contributed by atoms with Crippen LogP contribution >= 0.6 is 0 Å². The van der Waals surface area contributed by atoms with Crippen LogP contribution in [-0.4, -0.2) is 47.9 Å². The van der Waals surface area contributed by atoms with E-state index < -0.39 is 0 Å². The number of hydrogen-bond acceptors (Lipinski definition) is 6. The van der Waals surface area contributed by atoms with Crippen molar-refractivity contribution in [3.63, 3.8) is 0 Å². The van der Waals surface area contributed by atoms with Crippen LogP contribution in [0.4, 0.5) is 5.82 Å². The average Bonchev–Trinajstić information content (AvgIpc) is 3.46. The third-order valence-corrected chi connectivity index (χ3v) is 7.69. The molecule has 1 N–H and O–H groups in total. The highest BCUT2D eigenvalue weighted by molar-refractivity contribution is 5.95. The van der Waals surface area contributed by atoms with Crippen LogP contribution in [-0.2, 0) is 11.8 Å². The third-order valence-electron chi connectivity index (χ3n) is 7.69. The lowest BCUT2D eigenvalue weighted by molar-refractivity contribution is -0.127. The molecule has 2 saturated carbocycles. The van der Waals surface area contributed by atoms with Crippen molar-refractivity contribution in [2.75, 3.05) is 11.6 Å². The molecule has 0 radical (unpaired) electrons. The first-order valence-electron chi connectivity index (χ1n) is 11.9. The zero-order valence-electron chi connectivity index (χ0n) is 19.3. The topological polar surface area (TPSA) is 93.8 Å². The maximum Gasteiger partial charge on any atom is 0.234 e. The average molecular weight is 447 g/mol. The number of hydrogen-bond donors (Lipinski definition) is 1. The number of imidazole rings is 1. The Labute approximate surface area is 193 Å². The van der Waals surface area contributed by atoms with E-state index in [-0.39, 0.29) is 23.9 Å². The zero-order valence-corrected chi connectivity index (χ0v) is 19.3. The molecule has 3 aromatic rings. The van der Waals surface area contributed by atoms with Gasteiger partial charge in [-0.15, -0.1) is 10.2 Å². The highest BCUT2D eigenvalue weighted by Crippen LogP contribution is 2.42. The molecule has 6 rings (SSSR count). The molecule has 172 valence electrons. The molecule has 3 fully saturated rings. The Hall–Kier alpha value is -3.07. The van der Waals surface area contributed by atoms with Crippen LogP contribution in [0, 0.1) is 18.8 Å². The number of aryl methyl sites for hydroxylation is 1. The molecule has 3 aliphatic rings. The summed E-state index contributed by atoms with van der Waals surface area (Å²) >= 11 is 0. The van der Waals surface area contributed by atoms with Gasteiger partial charge in [-0.25, -0.2) is 9.97 Å². The van der Waals surface area contributed by atoms with Crippen molar-refractivity contribution in [1.29, 1.82) is 0 Å². The van der Waals surface area contributed by atoms with Gasteiger partial charge >= 0.3 is 0 Å². The molecule has 4 unspecified atom stereocenters. The van der Waals surface area contributed by atoms with Crippen LogP contribution in [0.2, 0.25) is 0 Å². The zero-order chi connectivity index (χ0) is 22.7. The number of carbonyl (C=O) groups excluding carboxylic acids is 1. The standard InChI is InChI=1S/C24H30N8O/c1-14-9-19-17(10-21(14)31-11-20(25-12-31)16-7-8-16)24(33)32(13-26-19)22-6-4-5-18(27-22)23-29-28-15(2)30(23)3/h4-6,11-12,14,16-17,19,21,26H,7-10,13H2,1-3H3. The summed E-state index contributed by atoms with van der Waals surface area (Å²) in [5, 5.41) is 12.0. The number of nitrogens with one attached hydrogen (secondary N) is 1. The monoisotopic (exact) mass is 446 g/mol. The van der Waals surface area contributed by atoms with Crippen LogP contribution in [0.1, 0.15) is 56.1 Å². The molecule has 1 saturated heterocycles. The molecular weight excluding hydrogens is 416 g/mol. The number of anilines is 1. The van der Waals surface area contributed by atoms with E-state index in [1.165, 1.54) is 18.5 Å². The molecule has 4 atom stereocenters. The molecular formula is C24H30N8O. The molecule has 0 spiro atoms. The third kappa shape index (κ3) is 3.55. The van der Waals surface area contributed by atoms with Gasteiger partial charge in [-0.05, 0) is 50.7 Å². The van der Waals surface area contributed by atoms with Gasteiger partial charge in [-0.2, -0.15) is 0 Å². The van der Waals surface area contributed by atoms with E-state index >= 15 is 0 Å². The van der Waals surface area contributed by atoms with Crippen molar-refractivity contribution in [2.45, 2.75) is 57.5 Å². The quantitative estimate of drug-likeness (QED) is 0.662. The molecule has 0 bridgehead atoms. The number of amides is 1. The van der Waals surface area contributed by atoms with Gasteiger partial charge in [0.15, 0.2) is 5.82 Å². The Kier molecular flexibility index (Phi) is 4.83. The number of carbonyl (C=O) groups is 1. The Bertz CT molecular complexity index is 1190. The lowest BCUT2D eigenvalue weighted by Gasteiger charge is -2.45. The lowest BCUT2D eigenvalue weighted by Crippen LogP contribution is -2.60. The summed E-state index contributed by atoms with van der Waals surface area (Å²) < 4.78 is 4.17. The van der Waals surface area contributed by atoms with Crippen LogP contribution in [0.5, 0.6) is 0 Å². The first-order chi connectivity index (χ1) is 16.0. The fourth-order valence-electron chi connectivity index (χ4n) is 5.43.